The molecule has 1 aliphatic heterocycles. The van der Waals surface area contributed by atoms with Crippen LogP contribution in [0.25, 0.3) is 26.6 Å². The number of aromatic nitrogens is 3. The smallest absolute Gasteiger partial charge is 0.274 e. The predicted molar refractivity (Wildman–Crippen MR) is 140 cm³/mol. The van der Waals surface area contributed by atoms with Crippen LogP contribution in [0.4, 0.5) is 0 Å². The molecule has 1 saturated heterocycles. The Kier molecular flexibility index (Phi) is 5.86. The average molecular weight is 480 g/mol. The lowest BCUT2D eigenvalue weighted by Gasteiger charge is -2.34. The molecule has 1 fully saturated rings. The highest BCUT2D eigenvalue weighted by atomic mass is 32.1. The van der Waals surface area contributed by atoms with Crippen LogP contribution in [0.1, 0.15) is 16.1 Å². The van der Waals surface area contributed by atoms with Gasteiger partial charge in [0.25, 0.3) is 5.91 Å². The lowest BCUT2D eigenvalue weighted by atomic mass is 10.1. The molecule has 0 spiro atoms. The molecule has 2 aromatic heterocycles. The molecule has 3 heterocycles. The lowest BCUT2D eigenvalue weighted by molar-refractivity contribution is 0.0622. The molecular formula is C28H25N5OS. The highest BCUT2D eigenvalue weighted by Gasteiger charge is 2.26. The van der Waals surface area contributed by atoms with Crippen molar-refractivity contribution < 1.29 is 4.79 Å². The van der Waals surface area contributed by atoms with Gasteiger partial charge in [-0.3, -0.25) is 9.69 Å². The third-order valence-corrected chi connectivity index (χ3v) is 7.38. The Labute approximate surface area is 208 Å². The minimum absolute atomic E-state index is 0.0265. The fourth-order valence-corrected chi connectivity index (χ4v) is 5.44. The van der Waals surface area contributed by atoms with Gasteiger partial charge in [-0.25, -0.2) is 9.67 Å². The van der Waals surface area contributed by atoms with Crippen molar-refractivity contribution in [2.75, 3.05) is 26.2 Å². The molecule has 1 amide bonds. The summed E-state index contributed by atoms with van der Waals surface area (Å²) < 4.78 is 2.92. The maximum absolute atomic E-state index is 13.5. The van der Waals surface area contributed by atoms with Gasteiger partial charge < -0.3 is 4.90 Å². The summed E-state index contributed by atoms with van der Waals surface area (Å²) in [6, 6.07) is 30.5. The number of nitrogens with zero attached hydrogens (tertiary/aromatic N) is 5. The number of hydrogen-bond acceptors (Lipinski definition) is 5. The Hall–Kier alpha value is -3.81. The fourth-order valence-electron chi connectivity index (χ4n) is 4.51. The van der Waals surface area contributed by atoms with Crippen LogP contribution in [0.15, 0.2) is 91.0 Å². The SMILES string of the molecule is O=C(c1cc(-c2ccccc2)n(-c2nc3ccccc3s2)n1)N1CCN(Cc2ccccc2)CC1. The monoisotopic (exact) mass is 479 g/mol. The van der Waals surface area contributed by atoms with Crippen molar-refractivity contribution in [3.8, 4) is 16.4 Å². The molecule has 0 saturated carbocycles. The first-order chi connectivity index (χ1) is 17.2. The van der Waals surface area contributed by atoms with Crippen LogP contribution < -0.4 is 0 Å². The van der Waals surface area contributed by atoms with E-state index in [2.05, 4.69) is 35.2 Å². The zero-order valence-corrected chi connectivity index (χ0v) is 20.1. The van der Waals surface area contributed by atoms with E-state index in [4.69, 9.17) is 10.1 Å². The van der Waals surface area contributed by atoms with E-state index >= 15 is 0 Å². The van der Waals surface area contributed by atoms with Crippen LogP contribution in [0, 0.1) is 0 Å². The van der Waals surface area contributed by atoms with Crippen molar-refractivity contribution in [1.29, 1.82) is 0 Å². The minimum Gasteiger partial charge on any atom is -0.335 e. The van der Waals surface area contributed by atoms with Crippen LogP contribution in [0.5, 0.6) is 0 Å². The summed E-state index contributed by atoms with van der Waals surface area (Å²) in [6.07, 6.45) is 0. The quantitative estimate of drug-likeness (QED) is 0.352. The minimum atomic E-state index is -0.0265. The fraction of sp³-hybridized carbons (Fsp3) is 0.179. The number of carbonyl (C=O) groups is 1. The van der Waals surface area contributed by atoms with Crippen molar-refractivity contribution in [3.63, 3.8) is 0 Å². The summed E-state index contributed by atoms with van der Waals surface area (Å²) in [5, 5.41) is 5.53. The van der Waals surface area contributed by atoms with Crippen LogP contribution in [0.2, 0.25) is 0 Å². The van der Waals surface area contributed by atoms with Crippen molar-refractivity contribution >= 4 is 27.5 Å². The van der Waals surface area contributed by atoms with E-state index in [-0.39, 0.29) is 5.91 Å². The van der Waals surface area contributed by atoms with E-state index in [1.165, 1.54) is 5.56 Å². The molecule has 0 radical (unpaired) electrons. The summed E-state index contributed by atoms with van der Waals surface area (Å²) in [5.74, 6) is -0.0265. The highest BCUT2D eigenvalue weighted by molar-refractivity contribution is 7.20. The molecule has 6 nitrogen and oxygen atoms in total. The Balaban J connectivity index is 1.26. The standard InChI is InChI=1S/C28H25N5OS/c34-27(32-17-15-31(16-18-32)20-21-9-3-1-4-10-21)24-19-25(22-11-5-2-6-12-22)33(30-24)28-29-23-13-7-8-14-26(23)35-28/h1-14,19H,15-18,20H2. The molecule has 35 heavy (non-hydrogen) atoms. The molecule has 0 N–H and O–H groups in total. The van der Waals surface area contributed by atoms with Gasteiger partial charge in [-0.2, -0.15) is 5.10 Å². The summed E-state index contributed by atoms with van der Waals surface area (Å²) in [6.45, 7) is 4.00. The van der Waals surface area contributed by atoms with Crippen molar-refractivity contribution in [2.45, 2.75) is 6.54 Å². The summed E-state index contributed by atoms with van der Waals surface area (Å²) in [4.78, 5) is 22.6. The van der Waals surface area contributed by atoms with E-state index < -0.39 is 0 Å². The van der Waals surface area contributed by atoms with Gasteiger partial charge in [0.05, 0.1) is 15.9 Å². The number of carbonyl (C=O) groups excluding carboxylic acids is 1. The molecule has 7 heteroatoms. The van der Waals surface area contributed by atoms with Crippen LogP contribution >= 0.6 is 11.3 Å². The molecule has 174 valence electrons. The molecule has 1 aliphatic rings. The van der Waals surface area contributed by atoms with Gasteiger partial charge in [0.2, 0.25) is 5.13 Å². The third kappa shape index (κ3) is 4.48. The van der Waals surface area contributed by atoms with E-state index in [1.807, 2.05) is 70.2 Å². The van der Waals surface area contributed by atoms with Gasteiger partial charge in [0, 0.05) is 38.3 Å². The molecule has 0 bridgehead atoms. The van der Waals surface area contributed by atoms with Crippen LogP contribution in [0.3, 0.4) is 0 Å². The number of benzene rings is 3. The molecule has 0 aliphatic carbocycles. The third-order valence-electron chi connectivity index (χ3n) is 6.37. The summed E-state index contributed by atoms with van der Waals surface area (Å²) in [5.41, 5.74) is 4.57. The number of thiazole rings is 1. The molecular weight excluding hydrogens is 454 g/mol. The highest BCUT2D eigenvalue weighted by Crippen LogP contribution is 2.30. The van der Waals surface area contributed by atoms with Crippen LogP contribution in [-0.2, 0) is 6.54 Å². The van der Waals surface area contributed by atoms with Gasteiger partial charge in [-0.15, -0.1) is 0 Å². The maximum Gasteiger partial charge on any atom is 0.274 e. The Morgan fingerprint density at radius 2 is 1.51 bits per heavy atom. The van der Waals surface area contributed by atoms with Crippen molar-refractivity contribution in [1.82, 2.24) is 24.6 Å². The van der Waals surface area contributed by atoms with E-state index in [9.17, 15) is 4.79 Å². The molecule has 5 aromatic rings. The number of piperazine rings is 1. The first-order valence-electron chi connectivity index (χ1n) is 11.8. The van der Waals surface area contributed by atoms with E-state index in [0.29, 0.717) is 18.8 Å². The average Bonchev–Trinajstić information content (AvgIpc) is 3.55. The molecule has 0 unspecified atom stereocenters. The summed E-state index contributed by atoms with van der Waals surface area (Å²) >= 11 is 1.58. The van der Waals surface area contributed by atoms with E-state index in [1.54, 1.807) is 11.3 Å². The van der Waals surface area contributed by atoms with Gasteiger partial charge in [-0.1, -0.05) is 84.1 Å². The summed E-state index contributed by atoms with van der Waals surface area (Å²) in [7, 11) is 0. The van der Waals surface area contributed by atoms with Crippen molar-refractivity contribution in [2.24, 2.45) is 0 Å². The largest absolute Gasteiger partial charge is 0.335 e. The molecule has 3 aromatic carbocycles. The van der Waals surface area contributed by atoms with E-state index in [0.717, 1.165) is 46.2 Å². The second-order valence-corrected chi connectivity index (χ2v) is 9.72. The molecule has 0 atom stereocenters. The van der Waals surface area contributed by atoms with Gasteiger partial charge in [-0.05, 0) is 23.8 Å². The number of amides is 1. The number of rotatable bonds is 5. The normalized spacial score (nSPS) is 14.5. The topological polar surface area (TPSA) is 54.3 Å². The number of para-hydroxylation sites is 1. The zero-order chi connectivity index (χ0) is 23.6. The predicted octanol–water partition coefficient (Wildman–Crippen LogP) is 5.11. The van der Waals surface area contributed by atoms with Gasteiger partial charge in [0.1, 0.15) is 0 Å². The number of fused-ring (bicyclic) bond motifs is 1. The Morgan fingerprint density at radius 1 is 0.829 bits per heavy atom. The number of hydrogen-bond donors (Lipinski definition) is 0. The van der Waals surface area contributed by atoms with Crippen molar-refractivity contribution in [3.05, 3.63) is 102 Å². The first-order valence-corrected chi connectivity index (χ1v) is 12.6. The Morgan fingerprint density at radius 3 is 2.26 bits per heavy atom. The second kappa shape index (κ2) is 9.44. The molecule has 6 rings (SSSR count). The lowest BCUT2D eigenvalue weighted by Crippen LogP contribution is -2.48. The van der Waals surface area contributed by atoms with Gasteiger partial charge >= 0.3 is 0 Å². The first kappa shape index (κ1) is 21.7. The maximum atomic E-state index is 13.5. The van der Waals surface area contributed by atoms with Crippen LogP contribution in [-0.4, -0.2) is 56.7 Å². The second-order valence-electron chi connectivity index (χ2n) is 8.71. The zero-order valence-electron chi connectivity index (χ0n) is 19.2. The Bertz CT molecular complexity index is 1420. The van der Waals surface area contributed by atoms with Gasteiger partial charge in [0.15, 0.2) is 5.69 Å².